The number of hydrogen-bond acceptors (Lipinski definition) is 3. The number of aromatic nitrogens is 2. The summed E-state index contributed by atoms with van der Waals surface area (Å²) in [6.07, 6.45) is 3.28. The summed E-state index contributed by atoms with van der Waals surface area (Å²) in [7, 11) is 0. The lowest BCUT2D eigenvalue weighted by atomic mass is 10.0. The molecule has 0 saturated heterocycles. The van der Waals surface area contributed by atoms with Crippen LogP contribution in [0.25, 0.3) is 16.9 Å². The van der Waals surface area contributed by atoms with E-state index >= 15 is 0 Å². The number of anilines is 1. The topological polar surface area (TPSA) is 53.6 Å². The van der Waals surface area contributed by atoms with Crippen molar-refractivity contribution in [3.05, 3.63) is 63.2 Å². The van der Waals surface area contributed by atoms with Gasteiger partial charge in [-0.1, -0.05) is 24.3 Å². The van der Waals surface area contributed by atoms with Crippen molar-refractivity contribution in [3.8, 4) is 23.0 Å². The van der Waals surface area contributed by atoms with E-state index < -0.39 is 0 Å². The van der Waals surface area contributed by atoms with Gasteiger partial charge in [-0.15, -0.1) is 0 Å². The minimum Gasteiger partial charge on any atom is -0.370 e. The molecule has 25 heavy (non-hydrogen) atoms. The second kappa shape index (κ2) is 6.89. The third kappa shape index (κ3) is 3.02. The number of nitriles is 1. The zero-order valence-electron chi connectivity index (χ0n) is 13.7. The average molecular weight is 440 g/mol. The van der Waals surface area contributed by atoms with E-state index in [4.69, 9.17) is 5.10 Å². The molecule has 0 saturated carbocycles. The Kier molecular flexibility index (Phi) is 4.45. The van der Waals surface area contributed by atoms with Crippen LogP contribution in [0.3, 0.4) is 0 Å². The molecule has 4 rings (SSSR count). The third-order valence-corrected chi connectivity index (χ3v) is 5.22. The molecule has 0 spiro atoms. The highest BCUT2D eigenvalue weighted by atomic mass is 127. The van der Waals surface area contributed by atoms with E-state index in [-0.39, 0.29) is 0 Å². The Morgan fingerprint density at radius 3 is 2.68 bits per heavy atom. The van der Waals surface area contributed by atoms with Gasteiger partial charge < -0.3 is 5.32 Å². The van der Waals surface area contributed by atoms with Crippen LogP contribution in [0, 0.1) is 14.9 Å². The normalized spacial score (nSPS) is 13.4. The van der Waals surface area contributed by atoms with E-state index in [1.165, 1.54) is 9.13 Å². The number of rotatable bonds is 2. The highest BCUT2D eigenvalue weighted by Gasteiger charge is 2.22. The molecule has 2 heterocycles. The fraction of sp³-hybridized carbons (Fsp3) is 0.200. The van der Waals surface area contributed by atoms with Crippen LogP contribution < -0.4 is 5.32 Å². The highest BCUT2D eigenvalue weighted by molar-refractivity contribution is 14.1. The monoisotopic (exact) mass is 440 g/mol. The minimum atomic E-state index is 0.632. The van der Waals surface area contributed by atoms with Gasteiger partial charge in [-0.3, -0.25) is 0 Å². The van der Waals surface area contributed by atoms with Gasteiger partial charge in [0.25, 0.3) is 0 Å². The molecule has 4 nitrogen and oxygen atoms in total. The van der Waals surface area contributed by atoms with Gasteiger partial charge in [-0.25, -0.2) is 4.68 Å². The zero-order valence-corrected chi connectivity index (χ0v) is 15.8. The summed E-state index contributed by atoms with van der Waals surface area (Å²) in [6, 6.07) is 18.4. The molecule has 1 aliphatic heterocycles. The first-order valence-electron chi connectivity index (χ1n) is 8.39. The van der Waals surface area contributed by atoms with Crippen molar-refractivity contribution in [1.82, 2.24) is 9.78 Å². The molecule has 0 atom stereocenters. The summed E-state index contributed by atoms with van der Waals surface area (Å²) in [4.78, 5) is 0. The summed E-state index contributed by atoms with van der Waals surface area (Å²) in [5.74, 6) is 1.02. The van der Waals surface area contributed by atoms with Crippen molar-refractivity contribution in [2.45, 2.75) is 19.3 Å². The van der Waals surface area contributed by atoms with Crippen molar-refractivity contribution < 1.29 is 0 Å². The Morgan fingerprint density at radius 2 is 1.88 bits per heavy atom. The molecule has 0 aliphatic carbocycles. The first kappa shape index (κ1) is 16.2. The Hall–Kier alpha value is -2.33. The van der Waals surface area contributed by atoms with Crippen LogP contribution in [-0.4, -0.2) is 16.3 Å². The van der Waals surface area contributed by atoms with Crippen molar-refractivity contribution in [1.29, 1.82) is 5.26 Å². The quantitative estimate of drug-likeness (QED) is 0.585. The minimum absolute atomic E-state index is 0.632. The number of nitrogens with one attached hydrogen (secondary N) is 1. The largest absolute Gasteiger partial charge is 0.370 e. The first-order valence-corrected chi connectivity index (χ1v) is 9.47. The molecule has 3 aromatic rings. The molecule has 2 aromatic carbocycles. The Morgan fingerprint density at radius 1 is 1.08 bits per heavy atom. The number of nitrogens with zero attached hydrogens (tertiary/aromatic N) is 3. The van der Waals surface area contributed by atoms with Crippen LogP contribution in [-0.2, 0) is 6.42 Å². The van der Waals surface area contributed by atoms with Gasteiger partial charge in [0.05, 0.1) is 16.9 Å². The molecule has 5 heteroatoms. The molecule has 124 valence electrons. The Balaban J connectivity index is 1.94. The van der Waals surface area contributed by atoms with E-state index in [0.29, 0.717) is 5.56 Å². The third-order valence-electron chi connectivity index (χ3n) is 4.50. The van der Waals surface area contributed by atoms with Crippen molar-refractivity contribution >= 4 is 28.4 Å². The van der Waals surface area contributed by atoms with Gasteiger partial charge in [-0.05, 0) is 66.1 Å². The van der Waals surface area contributed by atoms with Gasteiger partial charge >= 0.3 is 0 Å². The standard InChI is InChI=1S/C20H17IN4/c21-16-10-8-14(9-11-16)19-17-6-3-4-12-23-20(17)25(24-19)18-7-2-1-5-15(18)13-22/h1-2,5,7-11,23H,3-4,6,12H2. The maximum Gasteiger partial charge on any atom is 0.133 e. The molecular formula is C20H17IN4. The number of hydrogen-bond donors (Lipinski definition) is 1. The molecule has 0 amide bonds. The fourth-order valence-corrected chi connectivity index (χ4v) is 3.63. The molecule has 1 aromatic heterocycles. The Bertz CT molecular complexity index is 951. The van der Waals surface area contributed by atoms with Crippen LogP contribution in [0.4, 0.5) is 5.82 Å². The summed E-state index contributed by atoms with van der Waals surface area (Å²) >= 11 is 2.32. The first-order chi connectivity index (χ1) is 12.3. The molecule has 1 aliphatic rings. The molecule has 0 radical (unpaired) electrons. The van der Waals surface area contributed by atoms with E-state index in [9.17, 15) is 5.26 Å². The van der Waals surface area contributed by atoms with Crippen molar-refractivity contribution in [2.75, 3.05) is 11.9 Å². The second-order valence-electron chi connectivity index (χ2n) is 6.11. The van der Waals surface area contributed by atoms with Gasteiger partial charge in [0, 0.05) is 21.2 Å². The van der Waals surface area contributed by atoms with Crippen molar-refractivity contribution in [3.63, 3.8) is 0 Å². The highest BCUT2D eigenvalue weighted by Crippen LogP contribution is 2.34. The van der Waals surface area contributed by atoms with Gasteiger partial charge in [-0.2, -0.15) is 10.4 Å². The maximum atomic E-state index is 9.48. The number of fused-ring (bicyclic) bond motifs is 1. The predicted octanol–water partition coefficient (Wildman–Crippen LogP) is 4.76. The van der Waals surface area contributed by atoms with Gasteiger partial charge in [0.1, 0.15) is 11.9 Å². The van der Waals surface area contributed by atoms with E-state index in [2.05, 4.69) is 58.2 Å². The summed E-state index contributed by atoms with van der Waals surface area (Å²) in [6.45, 7) is 0.930. The maximum absolute atomic E-state index is 9.48. The predicted molar refractivity (Wildman–Crippen MR) is 108 cm³/mol. The van der Waals surface area contributed by atoms with Crippen LogP contribution in [0.5, 0.6) is 0 Å². The van der Waals surface area contributed by atoms with E-state index in [1.54, 1.807) is 0 Å². The molecule has 0 unspecified atom stereocenters. The SMILES string of the molecule is N#Cc1ccccc1-n1nc(-c2ccc(I)cc2)c2c1NCCCC2. The van der Waals surface area contributed by atoms with Crippen LogP contribution in [0.15, 0.2) is 48.5 Å². The van der Waals surface area contributed by atoms with E-state index in [0.717, 1.165) is 48.6 Å². The number of halogens is 1. The lowest BCUT2D eigenvalue weighted by molar-refractivity contribution is 0.780. The summed E-state index contributed by atoms with van der Waals surface area (Å²) in [5, 5.41) is 17.9. The molecule has 0 fully saturated rings. The number of benzene rings is 2. The fourth-order valence-electron chi connectivity index (χ4n) is 3.27. The molecule has 0 bridgehead atoms. The van der Waals surface area contributed by atoms with Crippen LogP contribution in [0.1, 0.15) is 24.0 Å². The average Bonchev–Trinajstić information content (AvgIpc) is 2.83. The molecular weight excluding hydrogens is 423 g/mol. The number of para-hydroxylation sites is 1. The molecule has 1 N–H and O–H groups in total. The Labute approximate surface area is 160 Å². The second-order valence-corrected chi connectivity index (χ2v) is 7.35. The van der Waals surface area contributed by atoms with Gasteiger partial charge in [0.15, 0.2) is 0 Å². The van der Waals surface area contributed by atoms with Crippen LogP contribution >= 0.6 is 22.6 Å². The lowest BCUT2D eigenvalue weighted by Gasteiger charge is -2.10. The summed E-state index contributed by atoms with van der Waals surface area (Å²) < 4.78 is 3.12. The lowest BCUT2D eigenvalue weighted by Crippen LogP contribution is -2.08. The van der Waals surface area contributed by atoms with Crippen LogP contribution in [0.2, 0.25) is 0 Å². The van der Waals surface area contributed by atoms with Gasteiger partial charge in [0.2, 0.25) is 0 Å². The zero-order chi connectivity index (χ0) is 17.2. The van der Waals surface area contributed by atoms with Crippen molar-refractivity contribution in [2.24, 2.45) is 0 Å². The summed E-state index contributed by atoms with van der Waals surface area (Å²) in [5.41, 5.74) is 4.83. The smallest absolute Gasteiger partial charge is 0.133 e. The van der Waals surface area contributed by atoms with E-state index in [1.807, 2.05) is 28.9 Å².